The average molecular weight is 527 g/mol. The molecule has 0 amide bonds. The summed E-state index contributed by atoms with van der Waals surface area (Å²) in [6.07, 6.45) is 6.25. The Bertz CT molecular complexity index is 696. The minimum absolute atomic E-state index is 0.00874. The summed E-state index contributed by atoms with van der Waals surface area (Å²) in [5, 5.41) is 9.73. The maximum atomic E-state index is 12.4. The number of ether oxygens (including phenoxy) is 4. The molecular weight excluding hydrogens is 476 g/mol. The van der Waals surface area contributed by atoms with E-state index in [4.69, 9.17) is 18.9 Å². The first-order valence-corrected chi connectivity index (χ1v) is 14.1. The van der Waals surface area contributed by atoms with E-state index in [1.54, 1.807) is 0 Å². The van der Waals surface area contributed by atoms with Crippen LogP contribution in [0.2, 0.25) is 0 Å². The highest BCUT2D eigenvalue weighted by molar-refractivity contribution is 5.77. The summed E-state index contributed by atoms with van der Waals surface area (Å²) in [7, 11) is 0. The molecule has 6 atom stereocenters. The summed E-state index contributed by atoms with van der Waals surface area (Å²) < 4.78 is 22.3. The van der Waals surface area contributed by atoms with Gasteiger partial charge in [-0.25, -0.2) is 9.59 Å². The lowest BCUT2D eigenvalue weighted by Gasteiger charge is -2.37. The zero-order valence-corrected chi connectivity index (χ0v) is 24.0. The van der Waals surface area contributed by atoms with E-state index < -0.39 is 36.5 Å². The second-order valence-corrected chi connectivity index (χ2v) is 12.5. The van der Waals surface area contributed by atoms with Crippen molar-refractivity contribution in [2.75, 3.05) is 26.4 Å². The summed E-state index contributed by atoms with van der Waals surface area (Å²) >= 11 is 0. The number of hydrogen-bond donors (Lipinski definition) is 1. The maximum absolute atomic E-state index is 12.4. The minimum atomic E-state index is -1.56. The van der Waals surface area contributed by atoms with Gasteiger partial charge in [0.1, 0.15) is 31.8 Å². The third-order valence-electron chi connectivity index (χ3n) is 8.37. The lowest BCUT2D eigenvalue weighted by Crippen LogP contribution is -2.41. The van der Waals surface area contributed by atoms with Crippen LogP contribution >= 0.6 is 0 Å². The SMILES string of the molecule is CC(C)[C@@H]1CC[C@@H](C)C[C@H]1OCC(=O)OCC(C)(COC(=O)CO[C@@H]1C[C@H](C)CC[C@H]1C(C)C)C(=O)O. The molecular formula is C29H50O8. The predicted octanol–water partition coefficient (Wildman–Crippen LogP) is 5.12. The second kappa shape index (κ2) is 14.5. The number of carboxylic acids is 1. The van der Waals surface area contributed by atoms with Crippen LogP contribution in [0.15, 0.2) is 0 Å². The number of carboxylic acid groups (broad SMARTS) is 1. The monoisotopic (exact) mass is 526 g/mol. The first kappa shape index (κ1) is 31.5. The highest BCUT2D eigenvalue weighted by Crippen LogP contribution is 2.36. The Morgan fingerprint density at radius 3 is 1.46 bits per heavy atom. The molecule has 0 aromatic rings. The highest BCUT2D eigenvalue weighted by Gasteiger charge is 2.38. The number of hydrogen-bond acceptors (Lipinski definition) is 7. The molecule has 1 N–H and O–H groups in total. The Morgan fingerprint density at radius 1 is 0.757 bits per heavy atom. The Hall–Kier alpha value is -1.67. The topological polar surface area (TPSA) is 108 Å². The quantitative estimate of drug-likeness (QED) is 0.330. The van der Waals surface area contributed by atoms with E-state index in [1.165, 1.54) is 6.92 Å². The molecule has 0 radical (unpaired) electrons. The van der Waals surface area contributed by atoms with E-state index in [9.17, 15) is 19.5 Å². The Kier molecular flexibility index (Phi) is 12.3. The number of rotatable bonds is 13. The highest BCUT2D eigenvalue weighted by atomic mass is 16.6. The molecule has 0 aromatic heterocycles. The molecule has 37 heavy (non-hydrogen) atoms. The molecule has 8 heteroatoms. The van der Waals surface area contributed by atoms with Crippen molar-refractivity contribution < 1.29 is 38.4 Å². The largest absolute Gasteiger partial charge is 0.481 e. The summed E-state index contributed by atoms with van der Waals surface area (Å²) in [6.45, 7) is 13.2. The first-order chi connectivity index (χ1) is 17.3. The van der Waals surface area contributed by atoms with Crippen molar-refractivity contribution >= 4 is 17.9 Å². The van der Waals surface area contributed by atoms with Gasteiger partial charge in [0.25, 0.3) is 0 Å². The molecule has 0 aliphatic heterocycles. The first-order valence-electron chi connectivity index (χ1n) is 14.1. The summed E-state index contributed by atoms with van der Waals surface area (Å²) in [4.78, 5) is 36.7. The van der Waals surface area contributed by atoms with Crippen molar-refractivity contribution in [2.24, 2.45) is 40.9 Å². The van der Waals surface area contributed by atoms with Crippen molar-refractivity contribution in [1.82, 2.24) is 0 Å². The molecule has 8 nitrogen and oxygen atoms in total. The van der Waals surface area contributed by atoms with Gasteiger partial charge >= 0.3 is 17.9 Å². The molecule has 2 saturated carbocycles. The Morgan fingerprint density at radius 2 is 1.14 bits per heavy atom. The van der Waals surface area contributed by atoms with Crippen LogP contribution in [-0.4, -0.2) is 61.6 Å². The lowest BCUT2D eigenvalue weighted by molar-refractivity contribution is -0.172. The molecule has 0 heterocycles. The van der Waals surface area contributed by atoms with Gasteiger partial charge in [0.15, 0.2) is 0 Å². The van der Waals surface area contributed by atoms with Crippen molar-refractivity contribution in [3.63, 3.8) is 0 Å². The second-order valence-electron chi connectivity index (χ2n) is 12.5. The van der Waals surface area contributed by atoms with Crippen molar-refractivity contribution in [3.8, 4) is 0 Å². The zero-order valence-electron chi connectivity index (χ0n) is 24.0. The molecule has 0 aromatic carbocycles. The van der Waals surface area contributed by atoms with E-state index in [1.807, 2.05) is 0 Å². The minimum Gasteiger partial charge on any atom is -0.481 e. The number of carbonyl (C=O) groups is 3. The summed E-state index contributed by atoms with van der Waals surface area (Å²) in [5.41, 5.74) is -1.56. The zero-order chi connectivity index (χ0) is 27.8. The van der Waals surface area contributed by atoms with Gasteiger partial charge in [0, 0.05) is 0 Å². The van der Waals surface area contributed by atoms with Crippen LogP contribution in [0.25, 0.3) is 0 Å². The van der Waals surface area contributed by atoms with Crippen LogP contribution in [0.5, 0.6) is 0 Å². The number of aliphatic carboxylic acids is 1. The van der Waals surface area contributed by atoms with Crippen molar-refractivity contribution in [1.29, 1.82) is 0 Å². The van der Waals surface area contributed by atoms with Gasteiger partial charge in [-0.2, -0.15) is 0 Å². The van der Waals surface area contributed by atoms with Gasteiger partial charge in [-0.05, 0) is 68.1 Å². The standard InChI is InChI=1S/C29H50O8/c1-18(2)22-10-8-20(5)12-24(22)34-14-26(30)36-16-29(7,28(32)33)17-37-27(31)15-35-25-13-21(6)9-11-23(25)19(3)4/h18-25H,8-17H2,1-7H3,(H,32,33)/t20-,21-,22+,23+,24-,25-/m1/s1. The van der Waals surface area contributed by atoms with Gasteiger partial charge in [-0.1, -0.05) is 54.4 Å². The third kappa shape index (κ3) is 9.86. The van der Waals surface area contributed by atoms with Crippen LogP contribution in [0.1, 0.15) is 87.0 Å². The molecule has 0 spiro atoms. The third-order valence-corrected chi connectivity index (χ3v) is 8.37. The normalized spacial score (nSPS) is 28.8. The van der Waals surface area contributed by atoms with E-state index >= 15 is 0 Å². The van der Waals surface area contributed by atoms with Gasteiger partial charge in [0.05, 0.1) is 12.2 Å². The molecule has 0 saturated heterocycles. The predicted molar refractivity (Wildman–Crippen MR) is 140 cm³/mol. The van der Waals surface area contributed by atoms with Crippen molar-refractivity contribution in [2.45, 2.75) is 99.2 Å². The van der Waals surface area contributed by atoms with E-state index in [2.05, 4.69) is 41.5 Å². The fraction of sp³-hybridized carbons (Fsp3) is 0.897. The number of esters is 2. The molecule has 2 fully saturated rings. The van der Waals surface area contributed by atoms with Gasteiger partial charge in [-0.15, -0.1) is 0 Å². The summed E-state index contributed by atoms with van der Waals surface area (Å²) in [6, 6.07) is 0. The lowest BCUT2D eigenvalue weighted by atomic mass is 9.75. The van der Waals surface area contributed by atoms with E-state index in [0.717, 1.165) is 38.5 Å². The van der Waals surface area contributed by atoms with Gasteiger partial charge in [-0.3, -0.25) is 4.79 Å². The van der Waals surface area contributed by atoms with Gasteiger partial charge in [0.2, 0.25) is 0 Å². The smallest absolute Gasteiger partial charge is 0.332 e. The maximum Gasteiger partial charge on any atom is 0.332 e. The van der Waals surface area contributed by atoms with Crippen LogP contribution in [0.4, 0.5) is 0 Å². The molecule has 2 aliphatic carbocycles. The van der Waals surface area contributed by atoms with Crippen LogP contribution in [0, 0.1) is 40.9 Å². The van der Waals surface area contributed by atoms with Crippen LogP contribution in [-0.2, 0) is 33.3 Å². The fourth-order valence-corrected chi connectivity index (χ4v) is 5.69. The molecule has 0 bridgehead atoms. The summed E-state index contributed by atoms with van der Waals surface area (Å²) in [5.74, 6) is 0.344. The molecule has 214 valence electrons. The van der Waals surface area contributed by atoms with Crippen LogP contribution < -0.4 is 0 Å². The molecule has 0 unspecified atom stereocenters. The van der Waals surface area contributed by atoms with E-state index in [-0.39, 0.29) is 25.4 Å². The molecule has 2 rings (SSSR count). The fourth-order valence-electron chi connectivity index (χ4n) is 5.69. The van der Waals surface area contributed by atoms with Gasteiger partial charge < -0.3 is 24.1 Å². The number of carbonyl (C=O) groups excluding carboxylic acids is 2. The van der Waals surface area contributed by atoms with Crippen molar-refractivity contribution in [3.05, 3.63) is 0 Å². The van der Waals surface area contributed by atoms with E-state index in [0.29, 0.717) is 35.5 Å². The van der Waals surface area contributed by atoms with Crippen LogP contribution in [0.3, 0.4) is 0 Å². The Labute approximate surface area is 223 Å². The average Bonchev–Trinajstić information content (AvgIpc) is 2.83. The Balaban J connectivity index is 1.80. The molecule has 2 aliphatic rings.